The van der Waals surface area contributed by atoms with Gasteiger partial charge in [0.15, 0.2) is 11.9 Å². The molecule has 0 saturated heterocycles. The van der Waals surface area contributed by atoms with Crippen molar-refractivity contribution in [3.63, 3.8) is 0 Å². The SMILES string of the molecule is Cc1ccc(OC(C)C(=O)Nc2cc(C(C)(C)C)on2)cc1. The van der Waals surface area contributed by atoms with E-state index in [1.807, 2.05) is 52.0 Å². The molecular formula is C17H22N2O3. The van der Waals surface area contributed by atoms with Gasteiger partial charge in [0.05, 0.1) is 0 Å². The second-order valence-electron chi connectivity index (χ2n) is 6.39. The Balaban J connectivity index is 1.96. The van der Waals surface area contributed by atoms with Gasteiger partial charge < -0.3 is 14.6 Å². The number of nitrogens with one attached hydrogen (secondary N) is 1. The minimum Gasteiger partial charge on any atom is -0.481 e. The molecule has 5 nitrogen and oxygen atoms in total. The summed E-state index contributed by atoms with van der Waals surface area (Å²) in [5.41, 5.74) is 0.988. The highest BCUT2D eigenvalue weighted by molar-refractivity contribution is 5.93. The Morgan fingerprint density at radius 1 is 1.27 bits per heavy atom. The number of hydrogen-bond donors (Lipinski definition) is 1. The smallest absolute Gasteiger partial charge is 0.266 e. The molecule has 1 N–H and O–H groups in total. The molecule has 1 aromatic heterocycles. The summed E-state index contributed by atoms with van der Waals surface area (Å²) in [6, 6.07) is 9.29. The Labute approximate surface area is 130 Å². The molecule has 0 bridgehead atoms. The maximum atomic E-state index is 12.1. The zero-order valence-corrected chi connectivity index (χ0v) is 13.6. The van der Waals surface area contributed by atoms with E-state index in [2.05, 4.69) is 10.5 Å². The Kier molecular flexibility index (Phi) is 4.54. The van der Waals surface area contributed by atoms with Crippen molar-refractivity contribution in [1.82, 2.24) is 5.16 Å². The molecule has 1 aromatic carbocycles. The van der Waals surface area contributed by atoms with Crippen molar-refractivity contribution >= 4 is 11.7 Å². The molecule has 2 rings (SSSR count). The normalized spacial score (nSPS) is 12.8. The molecule has 2 aromatic rings. The summed E-state index contributed by atoms with van der Waals surface area (Å²) in [4.78, 5) is 12.1. The van der Waals surface area contributed by atoms with Gasteiger partial charge in [-0.25, -0.2) is 0 Å². The number of amides is 1. The number of aryl methyl sites for hydroxylation is 1. The molecule has 0 spiro atoms. The van der Waals surface area contributed by atoms with Gasteiger partial charge >= 0.3 is 0 Å². The molecule has 0 aliphatic heterocycles. The van der Waals surface area contributed by atoms with Crippen molar-refractivity contribution in [2.45, 2.75) is 46.1 Å². The van der Waals surface area contributed by atoms with Gasteiger partial charge in [-0.05, 0) is 26.0 Å². The van der Waals surface area contributed by atoms with Crippen LogP contribution in [0.5, 0.6) is 5.75 Å². The number of carbonyl (C=O) groups is 1. The van der Waals surface area contributed by atoms with Crippen molar-refractivity contribution in [2.24, 2.45) is 0 Å². The lowest BCUT2D eigenvalue weighted by Gasteiger charge is -2.14. The van der Waals surface area contributed by atoms with E-state index in [9.17, 15) is 4.79 Å². The highest BCUT2D eigenvalue weighted by atomic mass is 16.5. The standard InChI is InChI=1S/C17H22N2O3/c1-11-6-8-13(9-7-11)21-12(2)16(20)18-15-10-14(22-19-15)17(3,4)5/h6-10,12H,1-5H3,(H,18,19,20). The van der Waals surface area contributed by atoms with E-state index in [-0.39, 0.29) is 11.3 Å². The monoisotopic (exact) mass is 302 g/mol. The van der Waals surface area contributed by atoms with Crippen LogP contribution in [0.3, 0.4) is 0 Å². The fourth-order valence-corrected chi connectivity index (χ4v) is 1.79. The third kappa shape index (κ3) is 4.10. The predicted octanol–water partition coefficient (Wildman–Crippen LogP) is 3.69. The second-order valence-corrected chi connectivity index (χ2v) is 6.39. The van der Waals surface area contributed by atoms with E-state index >= 15 is 0 Å². The van der Waals surface area contributed by atoms with Crippen molar-refractivity contribution in [2.75, 3.05) is 5.32 Å². The summed E-state index contributed by atoms with van der Waals surface area (Å²) in [5, 5.41) is 6.56. The highest BCUT2D eigenvalue weighted by Gasteiger charge is 2.22. The summed E-state index contributed by atoms with van der Waals surface area (Å²) in [6.07, 6.45) is -0.627. The number of benzene rings is 1. The van der Waals surface area contributed by atoms with Gasteiger partial charge in [0.25, 0.3) is 5.91 Å². The molecule has 5 heteroatoms. The first-order valence-corrected chi connectivity index (χ1v) is 7.27. The first-order chi connectivity index (χ1) is 10.3. The van der Waals surface area contributed by atoms with E-state index in [4.69, 9.17) is 9.26 Å². The van der Waals surface area contributed by atoms with Crippen molar-refractivity contribution < 1.29 is 14.1 Å². The molecule has 22 heavy (non-hydrogen) atoms. The Bertz CT molecular complexity index is 639. The van der Waals surface area contributed by atoms with Gasteiger partial charge in [-0.1, -0.05) is 43.6 Å². The summed E-state index contributed by atoms with van der Waals surface area (Å²) in [7, 11) is 0. The number of anilines is 1. The Morgan fingerprint density at radius 2 is 1.91 bits per heavy atom. The summed E-state index contributed by atoms with van der Waals surface area (Å²) < 4.78 is 10.8. The Hall–Kier alpha value is -2.30. The van der Waals surface area contributed by atoms with E-state index in [1.165, 1.54) is 0 Å². The first kappa shape index (κ1) is 16.1. The van der Waals surface area contributed by atoms with Crippen molar-refractivity contribution in [3.05, 3.63) is 41.7 Å². The van der Waals surface area contributed by atoms with Crippen LogP contribution in [-0.2, 0) is 10.2 Å². The van der Waals surface area contributed by atoms with E-state index < -0.39 is 6.10 Å². The van der Waals surface area contributed by atoms with Gasteiger partial charge in [-0.15, -0.1) is 0 Å². The number of ether oxygens (including phenoxy) is 1. The number of nitrogens with zero attached hydrogens (tertiary/aromatic N) is 1. The van der Waals surface area contributed by atoms with Gasteiger partial charge in [-0.2, -0.15) is 0 Å². The van der Waals surface area contributed by atoms with Crippen LogP contribution >= 0.6 is 0 Å². The molecule has 0 radical (unpaired) electrons. The second kappa shape index (κ2) is 6.22. The number of rotatable bonds is 4. The van der Waals surface area contributed by atoms with Crippen molar-refractivity contribution in [1.29, 1.82) is 0 Å². The van der Waals surface area contributed by atoms with Crippen LogP contribution in [0.2, 0.25) is 0 Å². The molecule has 1 atom stereocenters. The van der Waals surface area contributed by atoms with Crippen LogP contribution < -0.4 is 10.1 Å². The number of carbonyl (C=O) groups excluding carboxylic acids is 1. The Morgan fingerprint density at radius 3 is 2.45 bits per heavy atom. The van der Waals surface area contributed by atoms with Gasteiger partial charge in [0.1, 0.15) is 11.5 Å². The van der Waals surface area contributed by atoms with Crippen molar-refractivity contribution in [3.8, 4) is 5.75 Å². The molecule has 1 heterocycles. The molecule has 1 unspecified atom stereocenters. The minimum atomic E-state index is -0.627. The van der Waals surface area contributed by atoms with Crippen LogP contribution in [0.25, 0.3) is 0 Å². The summed E-state index contributed by atoms with van der Waals surface area (Å²) in [6.45, 7) is 9.74. The van der Waals surface area contributed by atoms with Crippen LogP contribution in [0, 0.1) is 6.92 Å². The molecule has 0 aliphatic rings. The van der Waals surface area contributed by atoms with Crippen LogP contribution in [0.15, 0.2) is 34.9 Å². The highest BCUT2D eigenvalue weighted by Crippen LogP contribution is 2.24. The average molecular weight is 302 g/mol. The average Bonchev–Trinajstić information content (AvgIpc) is 2.90. The van der Waals surface area contributed by atoms with Gasteiger partial charge in [0, 0.05) is 11.5 Å². The largest absolute Gasteiger partial charge is 0.481 e. The third-order valence-corrected chi connectivity index (χ3v) is 3.20. The van der Waals surface area contributed by atoms with E-state index in [0.29, 0.717) is 11.6 Å². The lowest BCUT2D eigenvalue weighted by atomic mass is 9.93. The molecule has 1 amide bonds. The first-order valence-electron chi connectivity index (χ1n) is 7.27. The summed E-state index contributed by atoms with van der Waals surface area (Å²) in [5.74, 6) is 1.50. The minimum absolute atomic E-state index is 0.153. The lowest BCUT2D eigenvalue weighted by Crippen LogP contribution is -2.30. The van der Waals surface area contributed by atoms with Gasteiger partial charge in [0.2, 0.25) is 0 Å². The van der Waals surface area contributed by atoms with E-state index in [1.54, 1.807) is 13.0 Å². The van der Waals surface area contributed by atoms with Crippen LogP contribution in [0.4, 0.5) is 5.82 Å². The maximum absolute atomic E-state index is 12.1. The van der Waals surface area contributed by atoms with E-state index in [0.717, 1.165) is 11.3 Å². The molecule has 118 valence electrons. The third-order valence-electron chi connectivity index (χ3n) is 3.20. The molecule has 0 fully saturated rings. The van der Waals surface area contributed by atoms with Crippen LogP contribution in [0.1, 0.15) is 39.0 Å². The summed E-state index contributed by atoms with van der Waals surface area (Å²) >= 11 is 0. The zero-order valence-electron chi connectivity index (χ0n) is 13.6. The predicted molar refractivity (Wildman–Crippen MR) is 85.1 cm³/mol. The molecule has 0 saturated carbocycles. The molecule has 0 aliphatic carbocycles. The fourth-order valence-electron chi connectivity index (χ4n) is 1.79. The number of hydrogen-bond acceptors (Lipinski definition) is 4. The fraction of sp³-hybridized carbons (Fsp3) is 0.412. The zero-order chi connectivity index (χ0) is 16.3. The number of aromatic nitrogens is 1. The maximum Gasteiger partial charge on any atom is 0.266 e. The molecular weight excluding hydrogens is 280 g/mol. The van der Waals surface area contributed by atoms with Gasteiger partial charge in [-0.3, -0.25) is 4.79 Å². The topological polar surface area (TPSA) is 64.4 Å². The lowest BCUT2D eigenvalue weighted by molar-refractivity contribution is -0.122. The quantitative estimate of drug-likeness (QED) is 0.935. The van der Waals surface area contributed by atoms with Crippen LogP contribution in [-0.4, -0.2) is 17.2 Å².